The van der Waals surface area contributed by atoms with Crippen LogP contribution in [-0.4, -0.2) is 19.6 Å². The molecule has 0 amide bonds. The van der Waals surface area contributed by atoms with Crippen molar-refractivity contribution in [2.45, 2.75) is 13.5 Å². The number of nitrogens with one attached hydrogen (secondary N) is 1. The lowest BCUT2D eigenvalue weighted by Crippen LogP contribution is -2.31. The van der Waals surface area contributed by atoms with Gasteiger partial charge in [-0.3, -0.25) is 0 Å². The van der Waals surface area contributed by atoms with E-state index in [1.165, 1.54) is 6.07 Å². The van der Waals surface area contributed by atoms with Crippen LogP contribution in [0.25, 0.3) is 0 Å². The summed E-state index contributed by atoms with van der Waals surface area (Å²) in [6.07, 6.45) is 1.67. The van der Waals surface area contributed by atoms with Crippen LogP contribution in [0.5, 0.6) is 0 Å². The summed E-state index contributed by atoms with van der Waals surface area (Å²) in [6, 6.07) is 10.5. The fraction of sp³-hybridized carbons (Fsp3) is 0.333. The number of hydrogen-bond donors (Lipinski definition) is 1. The summed E-state index contributed by atoms with van der Waals surface area (Å²) in [7, 11) is 0. The number of benzene rings is 1. The smallest absolute Gasteiger partial charge is 0.125 e. The molecule has 1 aromatic carbocycles. The predicted molar refractivity (Wildman–Crippen MR) is 74.7 cm³/mol. The highest BCUT2D eigenvalue weighted by Crippen LogP contribution is 2.14. The van der Waals surface area contributed by atoms with Gasteiger partial charge in [-0.25, -0.2) is 4.39 Å². The molecule has 1 aromatic heterocycles. The Kier molecular flexibility index (Phi) is 4.98. The lowest BCUT2D eigenvalue weighted by molar-refractivity contribution is 0.484. The fourth-order valence-corrected chi connectivity index (χ4v) is 1.98. The Hall–Kier alpha value is -1.81. The van der Waals surface area contributed by atoms with Crippen molar-refractivity contribution in [3.05, 3.63) is 54.2 Å². The van der Waals surface area contributed by atoms with Crippen LogP contribution in [0.4, 0.5) is 10.1 Å². The molecule has 102 valence electrons. The standard InChI is InChI=1S/C15H19FN2O/c1-2-18(14-6-3-5-13(16)11-14)9-8-17-12-15-7-4-10-19-15/h3-7,10-11,17H,2,8-9,12H2,1H3. The molecule has 0 radical (unpaired) electrons. The van der Waals surface area contributed by atoms with Gasteiger partial charge in [0.25, 0.3) is 0 Å². The van der Waals surface area contributed by atoms with Gasteiger partial charge in [0.05, 0.1) is 12.8 Å². The Balaban J connectivity index is 1.79. The van der Waals surface area contributed by atoms with Gasteiger partial charge in [-0.15, -0.1) is 0 Å². The predicted octanol–water partition coefficient (Wildman–Crippen LogP) is 3.03. The molecule has 0 atom stereocenters. The zero-order chi connectivity index (χ0) is 13.5. The molecular weight excluding hydrogens is 243 g/mol. The Morgan fingerprint density at radius 2 is 2.16 bits per heavy atom. The normalized spacial score (nSPS) is 10.6. The number of anilines is 1. The summed E-state index contributed by atoms with van der Waals surface area (Å²) >= 11 is 0. The highest BCUT2D eigenvalue weighted by Gasteiger charge is 2.04. The number of rotatable bonds is 7. The van der Waals surface area contributed by atoms with Gasteiger partial charge in [-0.05, 0) is 37.3 Å². The maximum Gasteiger partial charge on any atom is 0.125 e. The summed E-state index contributed by atoms with van der Waals surface area (Å²) in [5.74, 6) is 0.730. The molecule has 2 aromatic rings. The zero-order valence-corrected chi connectivity index (χ0v) is 11.1. The molecule has 0 saturated heterocycles. The highest BCUT2D eigenvalue weighted by molar-refractivity contribution is 5.46. The number of nitrogens with zero attached hydrogens (tertiary/aromatic N) is 1. The van der Waals surface area contributed by atoms with Gasteiger partial charge < -0.3 is 14.6 Å². The number of furan rings is 1. The van der Waals surface area contributed by atoms with E-state index in [1.54, 1.807) is 18.4 Å². The minimum atomic E-state index is -0.195. The molecule has 0 spiro atoms. The Morgan fingerprint density at radius 1 is 1.26 bits per heavy atom. The molecule has 1 N–H and O–H groups in total. The maximum absolute atomic E-state index is 13.2. The second-order valence-corrected chi connectivity index (χ2v) is 4.32. The number of hydrogen-bond acceptors (Lipinski definition) is 3. The van der Waals surface area contributed by atoms with Gasteiger partial charge in [0, 0.05) is 25.3 Å². The van der Waals surface area contributed by atoms with E-state index in [4.69, 9.17) is 4.42 Å². The van der Waals surface area contributed by atoms with Crippen LogP contribution in [0.3, 0.4) is 0 Å². The van der Waals surface area contributed by atoms with Crippen LogP contribution >= 0.6 is 0 Å². The van der Waals surface area contributed by atoms with Crippen molar-refractivity contribution in [2.24, 2.45) is 0 Å². The first-order valence-corrected chi connectivity index (χ1v) is 6.53. The SMILES string of the molecule is CCN(CCNCc1ccco1)c1cccc(F)c1. The van der Waals surface area contributed by atoms with Crippen LogP contribution in [0.1, 0.15) is 12.7 Å². The van der Waals surface area contributed by atoms with Crippen LogP contribution < -0.4 is 10.2 Å². The van der Waals surface area contributed by atoms with E-state index in [1.807, 2.05) is 18.2 Å². The van der Waals surface area contributed by atoms with E-state index in [0.717, 1.165) is 31.1 Å². The topological polar surface area (TPSA) is 28.4 Å². The molecule has 0 aliphatic heterocycles. The van der Waals surface area contributed by atoms with Crippen LogP contribution in [0.15, 0.2) is 47.1 Å². The van der Waals surface area contributed by atoms with E-state index >= 15 is 0 Å². The average molecular weight is 262 g/mol. The summed E-state index contributed by atoms with van der Waals surface area (Å²) in [6.45, 7) is 5.29. The molecule has 0 bridgehead atoms. The monoisotopic (exact) mass is 262 g/mol. The molecule has 4 heteroatoms. The van der Waals surface area contributed by atoms with Crippen LogP contribution in [-0.2, 0) is 6.54 Å². The van der Waals surface area contributed by atoms with E-state index in [-0.39, 0.29) is 5.82 Å². The minimum absolute atomic E-state index is 0.195. The van der Waals surface area contributed by atoms with E-state index < -0.39 is 0 Å². The van der Waals surface area contributed by atoms with Gasteiger partial charge in [0.2, 0.25) is 0 Å². The van der Waals surface area contributed by atoms with Crippen molar-refractivity contribution in [1.29, 1.82) is 0 Å². The van der Waals surface area contributed by atoms with Crippen LogP contribution in [0.2, 0.25) is 0 Å². The number of halogens is 1. The maximum atomic E-state index is 13.2. The molecule has 0 unspecified atom stereocenters. The zero-order valence-electron chi connectivity index (χ0n) is 11.1. The molecule has 0 aliphatic carbocycles. The van der Waals surface area contributed by atoms with Gasteiger partial charge in [0.1, 0.15) is 11.6 Å². The lowest BCUT2D eigenvalue weighted by atomic mass is 10.2. The van der Waals surface area contributed by atoms with Gasteiger partial charge >= 0.3 is 0 Å². The Labute approximate surface area is 113 Å². The molecule has 0 aliphatic rings. The summed E-state index contributed by atoms with van der Waals surface area (Å²) in [4.78, 5) is 2.14. The van der Waals surface area contributed by atoms with Crippen molar-refractivity contribution >= 4 is 5.69 Å². The third-order valence-corrected chi connectivity index (χ3v) is 2.99. The van der Waals surface area contributed by atoms with Crippen molar-refractivity contribution in [2.75, 3.05) is 24.5 Å². The van der Waals surface area contributed by atoms with E-state index in [2.05, 4.69) is 17.1 Å². The molecule has 0 saturated carbocycles. The first-order chi connectivity index (χ1) is 9.29. The van der Waals surface area contributed by atoms with Gasteiger partial charge in [-0.2, -0.15) is 0 Å². The van der Waals surface area contributed by atoms with Crippen molar-refractivity contribution in [3.63, 3.8) is 0 Å². The molecular formula is C15H19FN2O. The fourth-order valence-electron chi connectivity index (χ4n) is 1.98. The molecule has 1 heterocycles. The molecule has 0 fully saturated rings. The largest absolute Gasteiger partial charge is 0.468 e. The van der Waals surface area contributed by atoms with E-state index in [9.17, 15) is 4.39 Å². The van der Waals surface area contributed by atoms with Crippen molar-refractivity contribution in [3.8, 4) is 0 Å². The second kappa shape index (κ2) is 6.95. The minimum Gasteiger partial charge on any atom is -0.468 e. The molecule has 3 nitrogen and oxygen atoms in total. The van der Waals surface area contributed by atoms with Gasteiger partial charge in [-0.1, -0.05) is 6.07 Å². The first kappa shape index (κ1) is 13.6. The third kappa shape index (κ3) is 4.10. The summed E-state index contributed by atoms with van der Waals surface area (Å²) in [5.41, 5.74) is 0.919. The summed E-state index contributed by atoms with van der Waals surface area (Å²) in [5, 5.41) is 3.31. The molecule has 2 rings (SSSR count). The third-order valence-electron chi connectivity index (χ3n) is 2.99. The van der Waals surface area contributed by atoms with Crippen molar-refractivity contribution < 1.29 is 8.81 Å². The molecule has 19 heavy (non-hydrogen) atoms. The first-order valence-electron chi connectivity index (χ1n) is 6.53. The Morgan fingerprint density at radius 3 is 2.84 bits per heavy atom. The lowest BCUT2D eigenvalue weighted by Gasteiger charge is -2.23. The highest BCUT2D eigenvalue weighted by atomic mass is 19.1. The number of likely N-dealkylation sites (N-methyl/N-ethyl adjacent to an activating group) is 1. The van der Waals surface area contributed by atoms with Crippen LogP contribution in [0, 0.1) is 5.82 Å². The quantitative estimate of drug-likeness (QED) is 0.777. The Bertz CT molecular complexity index is 485. The van der Waals surface area contributed by atoms with Gasteiger partial charge in [0.15, 0.2) is 0 Å². The second-order valence-electron chi connectivity index (χ2n) is 4.32. The average Bonchev–Trinajstić information content (AvgIpc) is 2.92. The van der Waals surface area contributed by atoms with Crippen molar-refractivity contribution in [1.82, 2.24) is 5.32 Å². The summed E-state index contributed by atoms with van der Waals surface area (Å²) < 4.78 is 18.4. The van der Waals surface area contributed by atoms with E-state index in [0.29, 0.717) is 6.54 Å².